The van der Waals surface area contributed by atoms with E-state index >= 15 is 0 Å². The molecule has 1 aromatic carbocycles. The summed E-state index contributed by atoms with van der Waals surface area (Å²) < 4.78 is 0. The molecule has 0 spiro atoms. The lowest BCUT2D eigenvalue weighted by molar-refractivity contribution is -0.115. The Balaban J connectivity index is 2.71. The Labute approximate surface area is 103 Å². The zero-order valence-electron chi connectivity index (χ0n) is 10.2. The molecule has 0 saturated carbocycles. The number of halogens is 1. The fraction of sp³-hybridized carbons (Fsp3) is 0.500. The first-order chi connectivity index (χ1) is 7.54. The van der Waals surface area contributed by atoms with Gasteiger partial charge in [-0.15, -0.1) is 0 Å². The van der Waals surface area contributed by atoms with Crippen molar-refractivity contribution in [1.82, 2.24) is 0 Å². The second kappa shape index (κ2) is 6.05. The Morgan fingerprint density at radius 3 is 2.19 bits per heavy atom. The molecule has 0 heterocycles. The number of hydrogen-bond acceptors (Lipinski definition) is 1. The summed E-state index contributed by atoms with van der Waals surface area (Å²) in [5.74, 6) is 0.497. The van der Waals surface area contributed by atoms with Crippen LogP contribution in [0, 0.1) is 5.92 Å². The molecule has 1 aromatic rings. The van der Waals surface area contributed by atoms with Gasteiger partial charge in [0.1, 0.15) is 0 Å². The number of carbonyl (C=O) groups excluding carboxylic acids is 1. The first-order valence-electron chi connectivity index (χ1n) is 5.82. The number of rotatable bonds is 5. The minimum atomic E-state index is -0.226. The normalized spacial score (nSPS) is 12.8. The molecule has 0 saturated heterocycles. The van der Waals surface area contributed by atoms with Crippen molar-refractivity contribution in [3.63, 3.8) is 0 Å². The van der Waals surface area contributed by atoms with Gasteiger partial charge < -0.3 is 0 Å². The summed E-state index contributed by atoms with van der Waals surface area (Å²) in [7, 11) is 0. The summed E-state index contributed by atoms with van der Waals surface area (Å²) in [6, 6.07) is 8.45. The van der Waals surface area contributed by atoms with Crippen LogP contribution < -0.4 is 0 Å². The average molecular weight is 239 g/mol. The van der Waals surface area contributed by atoms with Crippen LogP contribution in [0.3, 0.4) is 0 Å². The number of carbonyl (C=O) groups is 1. The van der Waals surface area contributed by atoms with Gasteiger partial charge in [0.25, 0.3) is 0 Å². The van der Waals surface area contributed by atoms with Crippen molar-refractivity contribution in [2.45, 2.75) is 39.5 Å². The molecule has 0 aliphatic carbocycles. The Bertz CT molecular complexity index is 340. The van der Waals surface area contributed by atoms with Crippen LogP contribution in [0.4, 0.5) is 0 Å². The molecule has 88 valence electrons. The van der Waals surface area contributed by atoms with Gasteiger partial charge in [-0.3, -0.25) is 4.79 Å². The van der Waals surface area contributed by atoms with Crippen LogP contribution in [0.1, 0.15) is 44.2 Å². The molecule has 0 aliphatic heterocycles. The van der Waals surface area contributed by atoms with Gasteiger partial charge in [-0.05, 0) is 41.5 Å². The molecule has 0 N–H and O–H groups in total. The van der Waals surface area contributed by atoms with Gasteiger partial charge in [0.2, 0.25) is 5.24 Å². The second-order valence-electron chi connectivity index (χ2n) is 4.51. The van der Waals surface area contributed by atoms with Gasteiger partial charge in [0.05, 0.1) is 0 Å². The first kappa shape index (κ1) is 13.2. The minimum absolute atomic E-state index is 0.0495. The molecular weight excluding hydrogens is 220 g/mol. The van der Waals surface area contributed by atoms with Crippen LogP contribution in [-0.4, -0.2) is 5.24 Å². The van der Waals surface area contributed by atoms with Crippen LogP contribution >= 0.6 is 11.6 Å². The SMILES string of the molecule is CCC(Cc1ccc(C(C)C)cc1)C(=O)Cl. The highest BCUT2D eigenvalue weighted by molar-refractivity contribution is 6.63. The Kier molecular flexibility index (Phi) is 5.01. The molecular formula is C14H19ClO. The lowest BCUT2D eigenvalue weighted by atomic mass is 9.95. The van der Waals surface area contributed by atoms with Crippen molar-refractivity contribution in [3.05, 3.63) is 35.4 Å². The smallest absolute Gasteiger partial charge is 0.225 e. The van der Waals surface area contributed by atoms with Crippen LogP contribution in [0.25, 0.3) is 0 Å². The first-order valence-corrected chi connectivity index (χ1v) is 6.20. The topological polar surface area (TPSA) is 17.1 Å². The molecule has 0 bridgehead atoms. The summed E-state index contributed by atoms with van der Waals surface area (Å²) in [6.07, 6.45) is 1.55. The minimum Gasteiger partial charge on any atom is -0.281 e. The van der Waals surface area contributed by atoms with E-state index in [1.807, 2.05) is 6.92 Å². The fourth-order valence-corrected chi connectivity index (χ4v) is 1.94. The lowest BCUT2D eigenvalue weighted by Gasteiger charge is -2.11. The zero-order chi connectivity index (χ0) is 12.1. The van der Waals surface area contributed by atoms with Gasteiger partial charge in [0, 0.05) is 5.92 Å². The fourth-order valence-electron chi connectivity index (χ4n) is 1.71. The average Bonchev–Trinajstić information content (AvgIpc) is 2.26. The molecule has 16 heavy (non-hydrogen) atoms. The maximum absolute atomic E-state index is 11.1. The quantitative estimate of drug-likeness (QED) is 0.705. The molecule has 1 atom stereocenters. The van der Waals surface area contributed by atoms with E-state index in [0.717, 1.165) is 12.8 Å². The highest BCUT2D eigenvalue weighted by Gasteiger charge is 2.14. The third kappa shape index (κ3) is 3.64. The predicted octanol–water partition coefficient (Wildman–Crippen LogP) is 4.14. The van der Waals surface area contributed by atoms with Crippen molar-refractivity contribution < 1.29 is 4.79 Å². The summed E-state index contributed by atoms with van der Waals surface area (Å²) in [6.45, 7) is 6.34. The lowest BCUT2D eigenvalue weighted by Crippen LogP contribution is -2.10. The molecule has 0 aromatic heterocycles. The van der Waals surface area contributed by atoms with E-state index in [2.05, 4.69) is 38.1 Å². The van der Waals surface area contributed by atoms with E-state index in [-0.39, 0.29) is 11.2 Å². The third-order valence-corrected chi connectivity index (χ3v) is 3.25. The maximum atomic E-state index is 11.1. The van der Waals surface area contributed by atoms with E-state index in [4.69, 9.17) is 11.6 Å². The molecule has 1 rings (SSSR count). The van der Waals surface area contributed by atoms with E-state index < -0.39 is 0 Å². The van der Waals surface area contributed by atoms with E-state index in [1.54, 1.807) is 0 Å². The van der Waals surface area contributed by atoms with Gasteiger partial charge in [-0.2, -0.15) is 0 Å². The standard InChI is InChI=1S/C14H19ClO/c1-4-12(14(15)16)9-11-5-7-13(8-6-11)10(2)3/h5-8,10,12H,4,9H2,1-3H3. The predicted molar refractivity (Wildman–Crippen MR) is 68.9 cm³/mol. The Morgan fingerprint density at radius 1 is 1.25 bits per heavy atom. The third-order valence-electron chi connectivity index (χ3n) is 2.94. The summed E-state index contributed by atoms with van der Waals surface area (Å²) >= 11 is 5.54. The van der Waals surface area contributed by atoms with Crippen molar-refractivity contribution in [1.29, 1.82) is 0 Å². The molecule has 1 nitrogen and oxygen atoms in total. The van der Waals surface area contributed by atoms with Gasteiger partial charge in [-0.25, -0.2) is 0 Å². The van der Waals surface area contributed by atoms with Crippen molar-refractivity contribution >= 4 is 16.8 Å². The molecule has 0 radical (unpaired) electrons. The number of hydrogen-bond donors (Lipinski definition) is 0. The van der Waals surface area contributed by atoms with Gasteiger partial charge in [-0.1, -0.05) is 45.0 Å². The van der Waals surface area contributed by atoms with Crippen LogP contribution in [0.15, 0.2) is 24.3 Å². The molecule has 0 amide bonds. The van der Waals surface area contributed by atoms with Crippen LogP contribution in [0.2, 0.25) is 0 Å². The monoisotopic (exact) mass is 238 g/mol. The molecule has 0 aliphatic rings. The molecule has 2 heteroatoms. The van der Waals surface area contributed by atoms with E-state index in [9.17, 15) is 4.79 Å². The second-order valence-corrected chi connectivity index (χ2v) is 4.88. The van der Waals surface area contributed by atoms with Gasteiger partial charge >= 0.3 is 0 Å². The number of benzene rings is 1. The largest absolute Gasteiger partial charge is 0.281 e. The highest BCUT2D eigenvalue weighted by atomic mass is 35.5. The van der Waals surface area contributed by atoms with E-state index in [0.29, 0.717) is 5.92 Å². The summed E-state index contributed by atoms with van der Waals surface area (Å²) in [5, 5.41) is -0.226. The van der Waals surface area contributed by atoms with E-state index in [1.165, 1.54) is 11.1 Å². The molecule has 0 fully saturated rings. The van der Waals surface area contributed by atoms with Crippen LogP contribution in [0.5, 0.6) is 0 Å². The highest BCUT2D eigenvalue weighted by Crippen LogP contribution is 2.18. The molecule has 1 unspecified atom stereocenters. The van der Waals surface area contributed by atoms with Crippen molar-refractivity contribution in [2.24, 2.45) is 5.92 Å². The zero-order valence-corrected chi connectivity index (χ0v) is 10.9. The maximum Gasteiger partial charge on any atom is 0.225 e. The summed E-state index contributed by atoms with van der Waals surface area (Å²) in [5.41, 5.74) is 2.51. The van der Waals surface area contributed by atoms with Crippen LogP contribution in [-0.2, 0) is 11.2 Å². The van der Waals surface area contributed by atoms with Gasteiger partial charge in [0.15, 0.2) is 0 Å². The Morgan fingerprint density at radius 2 is 1.81 bits per heavy atom. The van der Waals surface area contributed by atoms with Crippen molar-refractivity contribution in [2.75, 3.05) is 0 Å². The summed E-state index contributed by atoms with van der Waals surface area (Å²) in [4.78, 5) is 11.1. The Hall–Kier alpha value is -0.820. The van der Waals surface area contributed by atoms with Crippen molar-refractivity contribution in [3.8, 4) is 0 Å².